The molecule has 0 spiro atoms. The second-order valence-corrected chi connectivity index (χ2v) is 11.3. The van der Waals surface area contributed by atoms with Crippen molar-refractivity contribution in [2.24, 2.45) is 11.3 Å². The summed E-state index contributed by atoms with van der Waals surface area (Å²) >= 11 is 0. The minimum absolute atomic E-state index is 0. The topological polar surface area (TPSA) is 140 Å². The smallest absolute Gasteiger partial charge is 0 e. The Kier molecular flexibility index (Phi) is 66.2. The van der Waals surface area contributed by atoms with Crippen molar-refractivity contribution in [3.63, 3.8) is 0 Å². The van der Waals surface area contributed by atoms with E-state index in [0.29, 0.717) is 0 Å². The maximum atomic E-state index is 10.3. The van der Waals surface area contributed by atoms with Crippen molar-refractivity contribution in [2.75, 3.05) is 0 Å². The standard InChI is InChI=1S/C15H26OSi.6CO.2Co/c1-6-15(2)11-8-7-9-13(15)14(16)10-12-17(3,4)5;6*1-2;;/h6,13-14,16H,1,7-9,11H2,2-5H3;;;;;;;;/t13-,14+,15-;;;;;;;;/m0......../s1. The van der Waals surface area contributed by atoms with E-state index in [0.717, 1.165) is 12.8 Å². The molecule has 1 N–H and O–H groups in total. The summed E-state index contributed by atoms with van der Waals surface area (Å²) < 4.78 is 45.0. The van der Waals surface area contributed by atoms with Crippen LogP contribution in [-0.4, -0.2) is 19.3 Å². The molecular weight excluding hydrogens is 510 g/mol. The van der Waals surface area contributed by atoms with Crippen LogP contribution in [0, 0.1) is 62.7 Å². The predicted octanol–water partition coefficient (Wildman–Crippen LogP) is 3.38. The van der Waals surface area contributed by atoms with Gasteiger partial charge >= 0.3 is 67.8 Å². The van der Waals surface area contributed by atoms with Crippen LogP contribution in [0.5, 0.6) is 0 Å². The van der Waals surface area contributed by atoms with E-state index in [4.69, 9.17) is 27.9 Å². The minimum atomic E-state index is -1.39. The summed E-state index contributed by atoms with van der Waals surface area (Å²) in [5.74, 6) is 3.36. The summed E-state index contributed by atoms with van der Waals surface area (Å²) in [6.45, 7) is 39.8. The molecule has 31 heavy (non-hydrogen) atoms. The molecule has 7 nitrogen and oxygen atoms in total. The van der Waals surface area contributed by atoms with Crippen LogP contribution >= 0.6 is 0 Å². The molecule has 0 saturated heterocycles. The third kappa shape index (κ3) is 31.2. The van der Waals surface area contributed by atoms with E-state index in [2.05, 4.69) is 84.5 Å². The quantitative estimate of drug-likeness (QED) is 0.187. The Bertz CT molecular complexity index is 532. The molecule has 2 radical (unpaired) electrons. The molecule has 1 saturated carbocycles. The molecule has 1 aliphatic rings. The molecule has 1 fully saturated rings. The monoisotopic (exact) mass is 536 g/mol. The van der Waals surface area contributed by atoms with Gasteiger partial charge in [0.25, 0.3) is 0 Å². The Hall–Kier alpha value is -1.07. The molecule has 0 heterocycles. The maximum Gasteiger partial charge on any atom is 0 e. The summed E-state index contributed by atoms with van der Waals surface area (Å²) in [5.41, 5.74) is 3.35. The van der Waals surface area contributed by atoms with Gasteiger partial charge in [-0.25, -0.2) is 0 Å². The van der Waals surface area contributed by atoms with Gasteiger partial charge in [0.15, 0.2) is 0 Å². The third-order valence-electron chi connectivity index (χ3n) is 3.77. The first-order chi connectivity index (χ1) is 13.8. The molecule has 0 aromatic carbocycles. The third-order valence-corrected chi connectivity index (χ3v) is 4.66. The van der Waals surface area contributed by atoms with Crippen LogP contribution in [-0.2, 0) is 61.5 Å². The van der Waals surface area contributed by atoms with E-state index < -0.39 is 14.2 Å². The molecule has 3 atom stereocenters. The van der Waals surface area contributed by atoms with Gasteiger partial charge in [-0.3, -0.25) is 0 Å². The Balaban J connectivity index is -0.0000000545. The first kappa shape index (κ1) is 52.1. The van der Waals surface area contributed by atoms with E-state index in [1.807, 2.05) is 6.08 Å². The molecule has 10 heteroatoms. The molecule has 174 valence electrons. The number of aliphatic hydroxyl groups is 1. The van der Waals surface area contributed by atoms with Crippen molar-refractivity contribution >= 4 is 8.07 Å². The summed E-state index contributed by atoms with van der Waals surface area (Å²) in [5, 5.41) is 10.3. The van der Waals surface area contributed by atoms with Crippen LogP contribution in [0.2, 0.25) is 19.6 Å². The van der Waals surface area contributed by atoms with Gasteiger partial charge in [-0.05, 0) is 18.3 Å². The molecule has 0 aliphatic heterocycles. The zero-order valence-electron chi connectivity index (χ0n) is 17.8. The van der Waals surface area contributed by atoms with Crippen LogP contribution in [0.4, 0.5) is 0 Å². The van der Waals surface area contributed by atoms with E-state index >= 15 is 0 Å². The first-order valence-electron chi connectivity index (χ1n) is 7.85. The van der Waals surface area contributed by atoms with Crippen molar-refractivity contribution in [1.29, 1.82) is 0 Å². The number of rotatable bonds is 2. The summed E-state index contributed by atoms with van der Waals surface area (Å²) in [7, 11) is -1.39. The molecule has 0 amide bonds. The van der Waals surface area contributed by atoms with Crippen molar-refractivity contribution in [3.8, 4) is 11.5 Å². The van der Waals surface area contributed by atoms with Crippen LogP contribution in [0.3, 0.4) is 0 Å². The van der Waals surface area contributed by atoms with Crippen molar-refractivity contribution in [2.45, 2.75) is 58.4 Å². The number of hydrogen-bond acceptors (Lipinski definition) is 1. The fourth-order valence-corrected chi connectivity index (χ4v) is 3.13. The van der Waals surface area contributed by atoms with Gasteiger partial charge in [0.05, 0.1) is 0 Å². The average molecular weight is 536 g/mol. The second-order valence-electron chi connectivity index (χ2n) is 6.53. The van der Waals surface area contributed by atoms with Crippen LogP contribution in [0.1, 0.15) is 32.6 Å². The van der Waals surface area contributed by atoms with E-state index in [-0.39, 0.29) is 44.9 Å². The molecule has 1 aliphatic carbocycles. The van der Waals surface area contributed by atoms with Gasteiger partial charge in [-0.1, -0.05) is 51.4 Å². The maximum absolute atomic E-state index is 10.3. The SMILES string of the molecule is C=C[C@@]1(C)CCCC[C@H]1[C@H](O)C#C[Si](C)(C)C.[C-]#[O+].[C-]#[O+].[C-]#[O+].[C-]#[O+].[C-]#[O+].[C-]#[O+].[Co].[Co]. The Morgan fingerprint density at radius 1 is 0.903 bits per heavy atom. The molecular formula is C21H26Co2O7Si. The van der Waals surface area contributed by atoms with Crippen LogP contribution < -0.4 is 0 Å². The fraction of sp³-hybridized carbons (Fsp3) is 0.524. The number of hydrogen-bond donors (Lipinski definition) is 1. The van der Waals surface area contributed by atoms with E-state index in [9.17, 15) is 5.11 Å². The van der Waals surface area contributed by atoms with Gasteiger partial charge < -0.3 is 5.11 Å². The van der Waals surface area contributed by atoms with Crippen LogP contribution in [0.25, 0.3) is 0 Å². The van der Waals surface area contributed by atoms with Gasteiger partial charge in [-0.2, -0.15) is 0 Å². The molecule has 0 aromatic rings. The fourth-order valence-electron chi connectivity index (χ4n) is 2.55. The number of aliphatic hydroxyl groups excluding tert-OH is 1. The summed E-state index contributed by atoms with van der Waals surface area (Å²) in [6, 6.07) is 0. The zero-order chi connectivity index (χ0) is 25.1. The Labute approximate surface area is 207 Å². The van der Waals surface area contributed by atoms with Gasteiger partial charge in [0.1, 0.15) is 14.2 Å². The Morgan fingerprint density at radius 2 is 1.26 bits per heavy atom. The molecule has 0 bridgehead atoms. The largest absolute Gasteiger partial charge is 0 e. The van der Waals surface area contributed by atoms with Crippen molar-refractivity contribution in [3.05, 3.63) is 52.6 Å². The van der Waals surface area contributed by atoms with Crippen LogP contribution in [0.15, 0.2) is 12.7 Å². The predicted molar refractivity (Wildman–Crippen MR) is 101 cm³/mol. The first-order valence-corrected chi connectivity index (χ1v) is 11.4. The Morgan fingerprint density at radius 3 is 1.55 bits per heavy atom. The van der Waals surface area contributed by atoms with Gasteiger partial charge in [0.2, 0.25) is 0 Å². The summed E-state index contributed by atoms with van der Waals surface area (Å²) in [4.78, 5) is 0. The normalized spacial score (nSPS) is 17.5. The molecule has 0 unspecified atom stereocenters. The van der Waals surface area contributed by atoms with E-state index in [1.54, 1.807) is 0 Å². The number of allylic oxidation sites excluding steroid dienone is 1. The molecule has 1 rings (SSSR count). The van der Waals surface area contributed by atoms with Gasteiger partial charge in [-0.15, -0.1) is 12.1 Å². The van der Waals surface area contributed by atoms with Gasteiger partial charge in [0, 0.05) is 39.5 Å². The van der Waals surface area contributed by atoms with E-state index in [1.165, 1.54) is 12.8 Å². The minimum Gasteiger partial charge on any atom is 0 e. The second kappa shape index (κ2) is 39.4. The van der Waals surface area contributed by atoms with Crippen molar-refractivity contribution in [1.82, 2.24) is 0 Å². The average Bonchev–Trinajstić information content (AvgIpc) is 2.80. The van der Waals surface area contributed by atoms with Crippen molar-refractivity contribution < 1.29 is 66.6 Å². The summed E-state index contributed by atoms with van der Waals surface area (Å²) in [6.07, 6.45) is 6.20. The molecule has 0 aromatic heterocycles. The zero-order valence-corrected chi connectivity index (χ0v) is 20.9.